The molecule has 0 spiro atoms. The van der Waals surface area contributed by atoms with Crippen LogP contribution < -0.4 is 10.6 Å². The third-order valence-electron chi connectivity index (χ3n) is 2.93. The maximum Gasteiger partial charge on any atom is 0.227 e. The van der Waals surface area contributed by atoms with Crippen LogP contribution in [-0.4, -0.2) is 19.0 Å². The third-order valence-corrected chi connectivity index (χ3v) is 3.24. The summed E-state index contributed by atoms with van der Waals surface area (Å²) in [4.78, 5) is 13.5. The number of amides is 1. The fourth-order valence-electron chi connectivity index (χ4n) is 2.00. The fraction of sp³-hybridized carbons (Fsp3) is 0.417. The van der Waals surface area contributed by atoms with E-state index in [0.717, 1.165) is 11.3 Å². The summed E-state index contributed by atoms with van der Waals surface area (Å²) in [5, 5.41) is 0.631. The molecule has 1 aromatic rings. The van der Waals surface area contributed by atoms with Crippen LogP contribution in [-0.2, 0) is 4.79 Å². The van der Waals surface area contributed by atoms with E-state index in [1.165, 1.54) is 0 Å². The van der Waals surface area contributed by atoms with Crippen LogP contribution in [0.15, 0.2) is 18.2 Å². The number of aryl methyl sites for hydroxylation is 1. The van der Waals surface area contributed by atoms with Gasteiger partial charge in [0.25, 0.3) is 0 Å². The molecule has 1 aliphatic rings. The number of carbonyl (C=O) groups is 1. The number of nitrogens with zero attached hydrogens (tertiary/aromatic N) is 1. The molecule has 16 heavy (non-hydrogen) atoms. The van der Waals surface area contributed by atoms with E-state index in [4.69, 9.17) is 17.3 Å². The van der Waals surface area contributed by atoms with Gasteiger partial charge in [-0.3, -0.25) is 4.79 Å². The van der Waals surface area contributed by atoms with Crippen molar-refractivity contribution < 1.29 is 4.79 Å². The molecule has 3 nitrogen and oxygen atoms in total. The highest BCUT2D eigenvalue weighted by Crippen LogP contribution is 2.31. The second kappa shape index (κ2) is 4.44. The van der Waals surface area contributed by atoms with Crippen molar-refractivity contribution in [1.82, 2.24) is 0 Å². The van der Waals surface area contributed by atoms with Crippen LogP contribution in [0.25, 0.3) is 0 Å². The topological polar surface area (TPSA) is 46.3 Å². The number of benzene rings is 1. The van der Waals surface area contributed by atoms with Crippen LogP contribution in [0, 0.1) is 12.8 Å². The van der Waals surface area contributed by atoms with E-state index in [1.807, 2.05) is 25.1 Å². The summed E-state index contributed by atoms with van der Waals surface area (Å²) < 4.78 is 0. The van der Waals surface area contributed by atoms with Crippen molar-refractivity contribution >= 4 is 23.2 Å². The van der Waals surface area contributed by atoms with E-state index < -0.39 is 0 Å². The van der Waals surface area contributed by atoms with Gasteiger partial charge in [0.15, 0.2) is 0 Å². The monoisotopic (exact) mass is 238 g/mol. The molecule has 2 N–H and O–H groups in total. The highest BCUT2D eigenvalue weighted by Gasteiger charge is 2.30. The molecule has 1 atom stereocenters. The van der Waals surface area contributed by atoms with Crippen LogP contribution in [0.5, 0.6) is 0 Å². The first kappa shape index (κ1) is 11.4. The van der Waals surface area contributed by atoms with Crippen molar-refractivity contribution in [1.29, 1.82) is 0 Å². The van der Waals surface area contributed by atoms with E-state index in [0.29, 0.717) is 24.5 Å². The van der Waals surface area contributed by atoms with Gasteiger partial charge in [0.1, 0.15) is 0 Å². The number of carbonyl (C=O) groups excluding carboxylic acids is 1. The highest BCUT2D eigenvalue weighted by molar-refractivity contribution is 6.34. The standard InChI is InChI=1S/C12H15ClN2O/c1-8-2-3-11(10(13)4-8)15-7-9(6-14)5-12(15)16/h2-4,9H,5-7,14H2,1H3. The average molecular weight is 239 g/mol. The molecule has 0 saturated carbocycles. The van der Waals surface area contributed by atoms with Crippen LogP contribution >= 0.6 is 11.6 Å². The van der Waals surface area contributed by atoms with E-state index >= 15 is 0 Å². The largest absolute Gasteiger partial charge is 0.330 e. The maximum atomic E-state index is 11.8. The second-order valence-corrected chi connectivity index (χ2v) is 4.67. The Balaban J connectivity index is 2.28. The molecule has 0 radical (unpaired) electrons. The van der Waals surface area contributed by atoms with Gasteiger partial charge in [-0.25, -0.2) is 0 Å². The van der Waals surface area contributed by atoms with Gasteiger partial charge in [0.05, 0.1) is 10.7 Å². The Morgan fingerprint density at radius 3 is 2.88 bits per heavy atom. The average Bonchev–Trinajstić information content (AvgIpc) is 2.60. The fourth-order valence-corrected chi connectivity index (χ4v) is 2.34. The minimum absolute atomic E-state index is 0.112. The smallest absolute Gasteiger partial charge is 0.227 e. The molecule has 1 fully saturated rings. The van der Waals surface area contributed by atoms with Crippen molar-refractivity contribution in [3.05, 3.63) is 28.8 Å². The minimum atomic E-state index is 0.112. The van der Waals surface area contributed by atoms with Gasteiger partial charge in [-0.15, -0.1) is 0 Å². The van der Waals surface area contributed by atoms with Gasteiger partial charge in [0.2, 0.25) is 5.91 Å². The molecular weight excluding hydrogens is 224 g/mol. The Labute approximate surface area is 100 Å². The number of nitrogens with two attached hydrogens (primary N) is 1. The summed E-state index contributed by atoms with van der Waals surface area (Å²) in [5.41, 5.74) is 7.48. The second-order valence-electron chi connectivity index (χ2n) is 4.27. The molecule has 1 unspecified atom stereocenters. The summed E-state index contributed by atoms with van der Waals surface area (Å²) in [6, 6.07) is 5.73. The molecule has 1 aromatic carbocycles. The summed E-state index contributed by atoms with van der Waals surface area (Å²) in [6.07, 6.45) is 0.528. The van der Waals surface area contributed by atoms with Crippen molar-refractivity contribution in [3.63, 3.8) is 0 Å². The number of rotatable bonds is 2. The Kier molecular flexibility index (Phi) is 3.17. The first-order valence-electron chi connectivity index (χ1n) is 5.38. The molecular formula is C12H15ClN2O. The zero-order valence-electron chi connectivity index (χ0n) is 9.24. The summed E-state index contributed by atoms with van der Waals surface area (Å²) in [7, 11) is 0. The van der Waals surface area contributed by atoms with Crippen LogP contribution in [0.3, 0.4) is 0 Å². The minimum Gasteiger partial charge on any atom is -0.330 e. The lowest BCUT2D eigenvalue weighted by Crippen LogP contribution is -2.26. The molecule has 1 amide bonds. The van der Waals surface area contributed by atoms with Crippen molar-refractivity contribution in [2.75, 3.05) is 18.0 Å². The Bertz CT molecular complexity index is 419. The molecule has 1 heterocycles. The quantitative estimate of drug-likeness (QED) is 0.856. The lowest BCUT2D eigenvalue weighted by atomic mass is 10.1. The van der Waals surface area contributed by atoms with Crippen LogP contribution in [0.2, 0.25) is 5.02 Å². The van der Waals surface area contributed by atoms with Gasteiger partial charge in [-0.1, -0.05) is 17.7 Å². The lowest BCUT2D eigenvalue weighted by Gasteiger charge is -2.18. The van der Waals surface area contributed by atoms with Gasteiger partial charge in [0, 0.05) is 13.0 Å². The molecule has 1 aliphatic heterocycles. The lowest BCUT2D eigenvalue weighted by molar-refractivity contribution is -0.117. The number of halogens is 1. The first-order valence-corrected chi connectivity index (χ1v) is 5.76. The molecule has 0 aromatic heterocycles. The van der Waals surface area contributed by atoms with Crippen LogP contribution in [0.1, 0.15) is 12.0 Å². The predicted molar refractivity (Wildman–Crippen MR) is 65.7 cm³/mol. The van der Waals surface area contributed by atoms with Crippen molar-refractivity contribution in [2.45, 2.75) is 13.3 Å². The summed E-state index contributed by atoms with van der Waals surface area (Å²) in [6.45, 7) is 3.20. The van der Waals surface area contributed by atoms with Gasteiger partial charge in [-0.05, 0) is 37.1 Å². The molecule has 2 rings (SSSR count). The molecule has 0 aliphatic carbocycles. The van der Waals surface area contributed by atoms with Gasteiger partial charge < -0.3 is 10.6 Å². The molecule has 0 bridgehead atoms. The van der Waals surface area contributed by atoms with E-state index in [2.05, 4.69) is 0 Å². The van der Waals surface area contributed by atoms with E-state index in [1.54, 1.807) is 4.90 Å². The van der Waals surface area contributed by atoms with Gasteiger partial charge >= 0.3 is 0 Å². The SMILES string of the molecule is Cc1ccc(N2CC(CN)CC2=O)c(Cl)c1. The summed E-state index contributed by atoms with van der Waals surface area (Å²) >= 11 is 6.14. The zero-order valence-corrected chi connectivity index (χ0v) is 10.00. The zero-order chi connectivity index (χ0) is 11.7. The normalized spacial score (nSPS) is 20.6. The number of hydrogen-bond donors (Lipinski definition) is 1. The first-order chi connectivity index (χ1) is 7.61. The summed E-state index contributed by atoms with van der Waals surface area (Å²) in [5.74, 6) is 0.367. The molecule has 86 valence electrons. The molecule has 1 saturated heterocycles. The van der Waals surface area contributed by atoms with Crippen molar-refractivity contribution in [3.8, 4) is 0 Å². The Morgan fingerprint density at radius 1 is 1.56 bits per heavy atom. The Hall–Kier alpha value is -1.06. The van der Waals surface area contributed by atoms with Gasteiger partial charge in [-0.2, -0.15) is 0 Å². The number of hydrogen-bond acceptors (Lipinski definition) is 2. The molecule has 4 heteroatoms. The van der Waals surface area contributed by atoms with Crippen LogP contribution in [0.4, 0.5) is 5.69 Å². The maximum absolute atomic E-state index is 11.8. The number of anilines is 1. The third kappa shape index (κ3) is 2.06. The Morgan fingerprint density at radius 2 is 2.31 bits per heavy atom. The van der Waals surface area contributed by atoms with E-state index in [-0.39, 0.29) is 11.8 Å². The highest BCUT2D eigenvalue weighted by atomic mass is 35.5. The predicted octanol–water partition coefficient (Wildman–Crippen LogP) is 1.96. The van der Waals surface area contributed by atoms with Crippen molar-refractivity contribution in [2.24, 2.45) is 11.7 Å². The van der Waals surface area contributed by atoms with E-state index in [9.17, 15) is 4.79 Å².